The van der Waals surface area contributed by atoms with Gasteiger partial charge in [0.05, 0.1) is 29.8 Å². The maximum Gasteiger partial charge on any atom is 0.430 e. The number of aryl methyl sites for hydroxylation is 1. The van der Waals surface area contributed by atoms with Crippen LogP contribution in [0, 0.1) is 18.7 Å². The number of nitrogens with zero attached hydrogens (tertiary/aromatic N) is 2. The van der Waals surface area contributed by atoms with Crippen molar-refractivity contribution in [1.29, 1.82) is 0 Å². The third-order valence-electron chi connectivity index (χ3n) is 8.57. The predicted molar refractivity (Wildman–Crippen MR) is 181 cm³/mol. The fourth-order valence-corrected chi connectivity index (χ4v) is 7.34. The second-order valence-corrected chi connectivity index (χ2v) is 13.2. The lowest BCUT2D eigenvalue weighted by Crippen LogP contribution is -2.54. The van der Waals surface area contributed by atoms with E-state index < -0.39 is 46.4 Å². The van der Waals surface area contributed by atoms with E-state index in [9.17, 15) is 49.6 Å². The van der Waals surface area contributed by atoms with Crippen molar-refractivity contribution in [1.82, 2.24) is 10.2 Å². The van der Waals surface area contributed by atoms with Crippen molar-refractivity contribution in [3.05, 3.63) is 95.3 Å². The number of halogens is 7. The summed E-state index contributed by atoms with van der Waals surface area (Å²) < 4.78 is 111. The molecule has 0 saturated carbocycles. The molecule has 2 amide bonds. The maximum absolute atomic E-state index is 13.1. The molecule has 52 heavy (non-hydrogen) atoms. The van der Waals surface area contributed by atoms with Crippen molar-refractivity contribution in [2.75, 3.05) is 24.5 Å². The summed E-state index contributed by atoms with van der Waals surface area (Å²) in [6.45, 7) is 2.56. The van der Waals surface area contributed by atoms with Crippen LogP contribution in [0.5, 0.6) is 0 Å². The van der Waals surface area contributed by atoms with Gasteiger partial charge in [0.2, 0.25) is 5.91 Å². The van der Waals surface area contributed by atoms with Crippen LogP contribution in [0.4, 0.5) is 41.2 Å². The number of hydrogen-bond acceptors (Lipinski definition) is 5. The number of nitrogens with one attached hydrogen (secondary N) is 1. The highest BCUT2D eigenvalue weighted by molar-refractivity contribution is 7.86. The van der Waals surface area contributed by atoms with Crippen LogP contribution < -0.4 is 9.62 Å². The van der Waals surface area contributed by atoms with Crippen molar-refractivity contribution in [3.8, 4) is 12.8 Å². The summed E-state index contributed by atoms with van der Waals surface area (Å²) >= 11 is 0. The Kier molecular flexibility index (Phi) is 14.3. The first-order chi connectivity index (χ1) is 24.5. The van der Waals surface area contributed by atoms with Gasteiger partial charge in [-0.1, -0.05) is 42.5 Å². The fourth-order valence-electron chi connectivity index (χ4n) is 6.07. The molecule has 0 aromatic heterocycles. The molecule has 3 atom stereocenters. The van der Waals surface area contributed by atoms with Gasteiger partial charge < -0.3 is 20.1 Å². The molecule has 3 aromatic carbocycles. The number of carbonyl (C=O) groups excluding carboxylic acids is 2. The average Bonchev–Trinajstić information content (AvgIpc) is 3.13. The molecule has 2 aliphatic heterocycles. The van der Waals surface area contributed by atoms with Crippen LogP contribution in [-0.2, 0) is 32.5 Å². The molecule has 0 spiro atoms. The number of amides is 2. The molecule has 3 aromatic rings. The summed E-state index contributed by atoms with van der Waals surface area (Å²) in [5.41, 5.74) is -5.11. The largest absolute Gasteiger partial charge is 0.453 e. The first kappa shape index (κ1) is 41.8. The number of benzene rings is 3. The van der Waals surface area contributed by atoms with Gasteiger partial charge in [-0.3, -0.25) is 9.10 Å². The molecule has 0 radical (unpaired) electrons. The molecule has 1 unspecified atom stereocenters. The van der Waals surface area contributed by atoms with Crippen molar-refractivity contribution < 1.29 is 54.4 Å². The molecule has 2 N–H and O–H groups in total. The normalized spacial score (nSPS) is 17.2. The number of terminal acetylenes is 1. The fraction of sp³-hybridized carbons (Fsp3) is 0.389. The van der Waals surface area contributed by atoms with Gasteiger partial charge in [0.15, 0.2) is 11.0 Å². The number of alkyl halides is 6. The van der Waals surface area contributed by atoms with Crippen molar-refractivity contribution in [2.24, 2.45) is 0 Å². The van der Waals surface area contributed by atoms with Crippen molar-refractivity contribution in [3.63, 3.8) is 0 Å². The minimum Gasteiger partial charge on any atom is -0.453 e. The molecule has 2 aliphatic rings. The van der Waals surface area contributed by atoms with E-state index in [1.165, 1.54) is 23.5 Å². The van der Waals surface area contributed by atoms with Gasteiger partial charge in [-0.15, -0.1) is 12.8 Å². The molecule has 0 aliphatic carbocycles. The summed E-state index contributed by atoms with van der Waals surface area (Å²) in [7, 11) is -0.493. The molecule has 1 saturated heterocycles. The smallest absolute Gasteiger partial charge is 0.430 e. The molecular weight excluding hydrogens is 719 g/mol. The molecule has 16 heteroatoms. The highest BCUT2D eigenvalue weighted by atomic mass is 32.2. The van der Waals surface area contributed by atoms with Gasteiger partial charge in [-0.2, -0.15) is 26.3 Å². The minimum atomic E-state index is -5.98. The molecule has 5 rings (SSSR count). The Morgan fingerprint density at radius 1 is 0.923 bits per heavy atom. The Morgan fingerprint density at radius 3 is 2.10 bits per heavy atom. The van der Waals surface area contributed by atoms with Crippen LogP contribution in [0.3, 0.4) is 0 Å². The molecule has 2 heterocycles. The van der Waals surface area contributed by atoms with E-state index in [4.69, 9.17) is 4.74 Å². The van der Waals surface area contributed by atoms with E-state index >= 15 is 0 Å². The number of anilines is 1. The van der Waals surface area contributed by atoms with Crippen LogP contribution in [0.1, 0.15) is 55.3 Å². The van der Waals surface area contributed by atoms with Gasteiger partial charge in [0, 0.05) is 25.6 Å². The van der Waals surface area contributed by atoms with Crippen LogP contribution in [0.2, 0.25) is 0 Å². The van der Waals surface area contributed by atoms with E-state index in [1.807, 2.05) is 35.2 Å². The summed E-state index contributed by atoms with van der Waals surface area (Å²) in [6.07, 6.45) is -1.03. The number of carbonyl (C=O) groups is 2. The van der Waals surface area contributed by atoms with Crippen LogP contribution >= 0.6 is 0 Å². The Bertz CT molecular complexity index is 1690. The lowest BCUT2D eigenvalue weighted by Gasteiger charge is -2.40. The summed E-state index contributed by atoms with van der Waals surface area (Å²) in [5.74, 6) is -0.500. The topological polar surface area (TPSA) is 99.2 Å². The third-order valence-corrected chi connectivity index (χ3v) is 10.0. The number of methoxy groups -OCH3 is 1. The summed E-state index contributed by atoms with van der Waals surface area (Å²) in [5, 5.41) is 12.5. The molecule has 8 nitrogen and oxygen atoms in total. The van der Waals surface area contributed by atoms with Crippen LogP contribution in [0.15, 0.2) is 77.7 Å². The van der Waals surface area contributed by atoms with E-state index in [0.29, 0.717) is 18.6 Å². The van der Waals surface area contributed by atoms with Gasteiger partial charge >= 0.3 is 18.4 Å². The molecular formula is C36H38F7N3O5S. The summed E-state index contributed by atoms with van der Waals surface area (Å²) in [6, 6.07) is 16.3. The van der Waals surface area contributed by atoms with Crippen LogP contribution in [-0.4, -0.2) is 64.8 Å². The number of hydrogen-bond donors (Lipinski definition) is 2. The zero-order chi connectivity index (χ0) is 38.9. The third kappa shape index (κ3) is 9.43. The first-order valence-corrected chi connectivity index (χ1v) is 17.0. The Morgan fingerprint density at radius 2 is 1.54 bits per heavy atom. The number of rotatable bonds is 6. The van der Waals surface area contributed by atoms with Gasteiger partial charge in [0.1, 0.15) is 5.82 Å². The van der Waals surface area contributed by atoms with Gasteiger partial charge in [-0.05, 0) is 73.6 Å². The highest BCUT2D eigenvalue weighted by Gasteiger charge is 2.71. The zero-order valence-corrected chi connectivity index (χ0v) is 29.0. The molecule has 282 valence electrons. The molecule has 1 fully saturated rings. The number of ether oxygens (including phenoxy) is 1. The van der Waals surface area contributed by atoms with E-state index in [-0.39, 0.29) is 47.1 Å². The second kappa shape index (κ2) is 17.7. The first-order valence-electron chi connectivity index (χ1n) is 15.9. The quantitative estimate of drug-likeness (QED) is 0.203. The maximum atomic E-state index is 13.1. The van der Waals surface area contributed by atoms with Gasteiger partial charge in [0.25, 0.3) is 5.60 Å². The standard InChI is InChI=1S/C18H14F7NO2S.C16H22N2O3.C2H2/c19-13-4-6-14(7-5-13)29(28)26-9-1-2-11-10-12(3-8-15(11)26)16(27,17(20,21)22)18(23,24)25;1-12(19)18-11-7-6-10-14(18)15(17-16(20)21-2)13-8-4-3-5-9-13;1-2/h3-8,10,27H,1-2,9H2;3-5,8-9,14-15H,6-7,10-11H2,1-2H3,(H,17,20);1-2H/t;14-,15+;/m.0./s1. The Labute approximate surface area is 299 Å². The van der Waals surface area contributed by atoms with Gasteiger partial charge in [-0.25, -0.2) is 13.4 Å². The van der Waals surface area contributed by atoms with Crippen molar-refractivity contribution >= 4 is 28.7 Å². The number of likely N-dealkylation sites (tertiary alicyclic amines) is 1. The Balaban J connectivity index is 0.000000280. The number of alkyl carbamates (subject to hydrolysis) is 1. The minimum absolute atomic E-state index is 0.0299. The molecule has 0 bridgehead atoms. The highest BCUT2D eigenvalue weighted by Crippen LogP contribution is 2.51. The number of piperidine rings is 1. The lowest BCUT2D eigenvalue weighted by atomic mass is 9.89. The van der Waals surface area contributed by atoms with E-state index in [2.05, 4.69) is 18.2 Å². The number of aliphatic hydroxyl groups is 1. The summed E-state index contributed by atoms with van der Waals surface area (Å²) in [4.78, 5) is 25.6. The van der Waals surface area contributed by atoms with Crippen LogP contribution in [0.25, 0.3) is 0 Å². The van der Waals surface area contributed by atoms with E-state index in [0.717, 1.165) is 49.6 Å². The van der Waals surface area contributed by atoms with Crippen molar-refractivity contribution in [2.45, 2.75) is 74.0 Å². The van der Waals surface area contributed by atoms with E-state index in [1.54, 1.807) is 6.92 Å². The Hall–Kier alpha value is -4.62. The monoisotopic (exact) mass is 757 g/mol. The lowest BCUT2D eigenvalue weighted by molar-refractivity contribution is -0.376. The SMILES string of the molecule is C#C.COC(=O)N[C@H](c1ccccc1)[C@@H]1CCCCN1C(C)=O.O=S(c1ccc(F)cc1)N1CCCc2cc(C(O)(C(F)(F)F)C(F)(F)F)ccc21. The second-order valence-electron chi connectivity index (χ2n) is 11.8. The average molecular weight is 758 g/mol. The predicted octanol–water partition coefficient (Wildman–Crippen LogP) is 7.35. The number of fused-ring (bicyclic) bond motifs is 1. The zero-order valence-electron chi connectivity index (χ0n) is 28.2.